The summed E-state index contributed by atoms with van der Waals surface area (Å²) in [4.78, 5) is 0. The number of alkyl halides is 1. The van der Waals surface area contributed by atoms with Crippen LogP contribution in [-0.4, -0.2) is 19.4 Å². The van der Waals surface area contributed by atoms with Crippen molar-refractivity contribution in [2.24, 2.45) is 0 Å². The van der Waals surface area contributed by atoms with Crippen LogP contribution in [0.5, 0.6) is 0 Å². The van der Waals surface area contributed by atoms with Crippen molar-refractivity contribution in [3.8, 4) is 0 Å². The number of halogens is 1. The van der Waals surface area contributed by atoms with Crippen molar-refractivity contribution in [1.82, 2.24) is 0 Å². The SMILES string of the molecule is COP(=O)(OC1CCCCC1F)c1ccccc1. The zero-order chi connectivity index (χ0) is 13.0. The van der Waals surface area contributed by atoms with Crippen molar-refractivity contribution >= 4 is 12.9 Å². The van der Waals surface area contributed by atoms with Gasteiger partial charge in [0.2, 0.25) is 0 Å². The monoisotopic (exact) mass is 272 g/mol. The highest BCUT2D eigenvalue weighted by Crippen LogP contribution is 2.49. The zero-order valence-corrected chi connectivity index (χ0v) is 11.3. The van der Waals surface area contributed by atoms with Crippen molar-refractivity contribution in [3.63, 3.8) is 0 Å². The molecule has 1 saturated carbocycles. The highest BCUT2D eigenvalue weighted by Gasteiger charge is 2.35. The van der Waals surface area contributed by atoms with Gasteiger partial charge in [-0.2, -0.15) is 0 Å². The van der Waals surface area contributed by atoms with E-state index in [0.717, 1.165) is 12.8 Å². The maximum absolute atomic E-state index is 13.7. The summed E-state index contributed by atoms with van der Waals surface area (Å²) in [6.45, 7) is 0. The largest absolute Gasteiger partial charge is 0.361 e. The van der Waals surface area contributed by atoms with Gasteiger partial charge in [0.05, 0.1) is 11.4 Å². The van der Waals surface area contributed by atoms with Crippen LogP contribution in [0, 0.1) is 0 Å². The van der Waals surface area contributed by atoms with E-state index >= 15 is 0 Å². The Labute approximate surface area is 107 Å². The second-order valence-electron chi connectivity index (χ2n) is 4.46. The van der Waals surface area contributed by atoms with Crippen LogP contribution < -0.4 is 5.30 Å². The Balaban J connectivity index is 2.15. The second-order valence-corrected chi connectivity index (χ2v) is 6.55. The Morgan fingerprint density at radius 1 is 1.22 bits per heavy atom. The van der Waals surface area contributed by atoms with Crippen LogP contribution in [0.1, 0.15) is 25.7 Å². The molecule has 3 unspecified atom stereocenters. The maximum atomic E-state index is 13.7. The molecule has 3 nitrogen and oxygen atoms in total. The van der Waals surface area contributed by atoms with Gasteiger partial charge in [-0.05, 0) is 25.0 Å². The van der Waals surface area contributed by atoms with Crippen LogP contribution in [-0.2, 0) is 13.6 Å². The zero-order valence-electron chi connectivity index (χ0n) is 10.4. The summed E-state index contributed by atoms with van der Waals surface area (Å²) in [5.41, 5.74) is 0. The van der Waals surface area contributed by atoms with Gasteiger partial charge in [0.1, 0.15) is 6.17 Å². The van der Waals surface area contributed by atoms with Gasteiger partial charge in [0.25, 0.3) is 0 Å². The average Bonchev–Trinajstić information content (AvgIpc) is 2.42. The number of benzene rings is 1. The smallest absolute Gasteiger partial charge is 0.309 e. The van der Waals surface area contributed by atoms with Crippen LogP contribution in [0.25, 0.3) is 0 Å². The van der Waals surface area contributed by atoms with E-state index in [1.54, 1.807) is 24.3 Å². The minimum atomic E-state index is -3.40. The summed E-state index contributed by atoms with van der Waals surface area (Å²) in [6.07, 6.45) is 1.17. The third-order valence-electron chi connectivity index (χ3n) is 3.21. The molecule has 0 aliphatic heterocycles. The molecule has 2 rings (SSSR count). The molecule has 1 aliphatic rings. The summed E-state index contributed by atoms with van der Waals surface area (Å²) in [7, 11) is -2.06. The Bertz CT molecular complexity index is 424. The normalized spacial score (nSPS) is 27.7. The summed E-state index contributed by atoms with van der Waals surface area (Å²) in [5, 5.41) is 0.477. The topological polar surface area (TPSA) is 35.5 Å². The minimum absolute atomic E-state index is 0.475. The maximum Gasteiger partial charge on any atom is 0.361 e. The van der Waals surface area contributed by atoms with E-state index in [1.165, 1.54) is 7.11 Å². The van der Waals surface area contributed by atoms with Crippen molar-refractivity contribution in [3.05, 3.63) is 30.3 Å². The fraction of sp³-hybridized carbons (Fsp3) is 0.538. The van der Waals surface area contributed by atoms with Crippen LogP contribution >= 0.6 is 7.60 Å². The third kappa shape index (κ3) is 3.00. The lowest BCUT2D eigenvalue weighted by Crippen LogP contribution is -2.29. The molecule has 3 atom stereocenters. The Morgan fingerprint density at radius 2 is 1.89 bits per heavy atom. The highest BCUT2D eigenvalue weighted by molar-refractivity contribution is 7.62. The predicted octanol–water partition coefficient (Wildman–Crippen LogP) is 3.45. The fourth-order valence-electron chi connectivity index (χ4n) is 2.17. The van der Waals surface area contributed by atoms with E-state index in [2.05, 4.69) is 0 Å². The van der Waals surface area contributed by atoms with Crippen LogP contribution in [0.15, 0.2) is 30.3 Å². The molecule has 1 aromatic rings. The standard InChI is InChI=1S/C13H18FO3P/c1-16-18(15,11-7-3-2-4-8-11)17-13-10-6-5-9-12(13)14/h2-4,7-8,12-13H,5-6,9-10H2,1H3. The molecule has 0 N–H and O–H groups in total. The van der Waals surface area contributed by atoms with E-state index < -0.39 is 19.9 Å². The second kappa shape index (κ2) is 5.96. The van der Waals surface area contributed by atoms with Crippen LogP contribution in [0.2, 0.25) is 0 Å². The molecule has 18 heavy (non-hydrogen) atoms. The Hall–Kier alpha value is -0.700. The van der Waals surface area contributed by atoms with Gasteiger partial charge in [-0.25, -0.2) is 4.39 Å². The molecular formula is C13H18FO3P. The lowest BCUT2D eigenvalue weighted by Gasteiger charge is -2.29. The van der Waals surface area contributed by atoms with Crippen LogP contribution in [0.3, 0.4) is 0 Å². The summed E-state index contributed by atoms with van der Waals surface area (Å²) < 4.78 is 36.8. The van der Waals surface area contributed by atoms with Gasteiger partial charge in [0, 0.05) is 7.11 Å². The van der Waals surface area contributed by atoms with Crippen LogP contribution in [0.4, 0.5) is 4.39 Å². The molecular weight excluding hydrogens is 254 g/mol. The van der Waals surface area contributed by atoms with Crippen molar-refractivity contribution in [1.29, 1.82) is 0 Å². The number of rotatable bonds is 4. The van der Waals surface area contributed by atoms with E-state index in [-0.39, 0.29) is 0 Å². The molecule has 0 amide bonds. The van der Waals surface area contributed by atoms with Crippen molar-refractivity contribution in [2.75, 3.05) is 7.11 Å². The highest BCUT2D eigenvalue weighted by atomic mass is 31.2. The first-order valence-corrected chi connectivity index (χ1v) is 7.74. The first-order chi connectivity index (χ1) is 8.65. The van der Waals surface area contributed by atoms with Gasteiger partial charge in [0.15, 0.2) is 0 Å². The molecule has 0 radical (unpaired) electrons. The molecule has 0 aromatic heterocycles. The molecule has 1 fully saturated rings. The molecule has 5 heteroatoms. The third-order valence-corrected chi connectivity index (χ3v) is 5.17. The fourth-order valence-corrected chi connectivity index (χ4v) is 3.72. The van der Waals surface area contributed by atoms with E-state index in [4.69, 9.17) is 9.05 Å². The quantitative estimate of drug-likeness (QED) is 0.787. The van der Waals surface area contributed by atoms with Gasteiger partial charge in [-0.15, -0.1) is 0 Å². The first kappa shape index (κ1) is 13.7. The molecule has 0 saturated heterocycles. The molecule has 1 aromatic carbocycles. The minimum Gasteiger partial charge on any atom is -0.309 e. The molecule has 0 bridgehead atoms. The lowest BCUT2D eigenvalue weighted by atomic mass is 9.96. The van der Waals surface area contributed by atoms with Gasteiger partial charge in [-0.1, -0.05) is 31.0 Å². The number of hydrogen-bond donors (Lipinski definition) is 0. The van der Waals surface area contributed by atoms with Crippen molar-refractivity contribution in [2.45, 2.75) is 38.0 Å². The summed E-state index contributed by atoms with van der Waals surface area (Å²) >= 11 is 0. The van der Waals surface area contributed by atoms with E-state index in [9.17, 15) is 8.96 Å². The van der Waals surface area contributed by atoms with E-state index in [0.29, 0.717) is 18.1 Å². The Morgan fingerprint density at radius 3 is 2.50 bits per heavy atom. The first-order valence-electron chi connectivity index (χ1n) is 6.19. The molecule has 1 aliphatic carbocycles. The summed E-state index contributed by atoms with van der Waals surface area (Å²) in [5.74, 6) is 0. The van der Waals surface area contributed by atoms with Gasteiger partial charge >= 0.3 is 7.60 Å². The predicted molar refractivity (Wildman–Crippen MR) is 68.9 cm³/mol. The number of hydrogen-bond acceptors (Lipinski definition) is 3. The van der Waals surface area contributed by atoms with Crippen molar-refractivity contribution < 1.29 is 18.0 Å². The van der Waals surface area contributed by atoms with Gasteiger partial charge in [-0.3, -0.25) is 9.09 Å². The van der Waals surface area contributed by atoms with Gasteiger partial charge < -0.3 is 4.52 Å². The molecule has 0 spiro atoms. The molecule has 100 valence electrons. The average molecular weight is 272 g/mol. The molecule has 0 heterocycles. The Kier molecular flexibility index (Phi) is 4.55. The lowest BCUT2D eigenvalue weighted by molar-refractivity contribution is 0.0537. The van der Waals surface area contributed by atoms with E-state index in [1.807, 2.05) is 6.07 Å². The summed E-state index contributed by atoms with van der Waals surface area (Å²) in [6, 6.07) is 8.71.